The summed E-state index contributed by atoms with van der Waals surface area (Å²) in [5.74, 6) is -0.660. The molecule has 0 unspecified atom stereocenters. The van der Waals surface area contributed by atoms with E-state index in [1.807, 2.05) is 0 Å². The van der Waals surface area contributed by atoms with Crippen molar-refractivity contribution >= 4 is 27.5 Å². The monoisotopic (exact) mass is 297 g/mol. The average Bonchev–Trinajstić information content (AvgIpc) is 2.68. The van der Waals surface area contributed by atoms with Crippen LogP contribution in [-0.2, 0) is 7.05 Å². The summed E-state index contributed by atoms with van der Waals surface area (Å²) in [5.41, 5.74) is 0.943. The topological polar surface area (TPSA) is 46.9 Å². The number of halogens is 2. The van der Waals surface area contributed by atoms with Crippen molar-refractivity contribution in [2.45, 2.75) is 0 Å². The fourth-order valence-electron chi connectivity index (χ4n) is 1.35. The third-order valence-electron chi connectivity index (χ3n) is 2.23. The van der Waals surface area contributed by atoms with Crippen molar-refractivity contribution in [2.24, 2.45) is 7.05 Å². The molecule has 0 aliphatic heterocycles. The molecule has 0 atom stereocenters. The average molecular weight is 298 g/mol. The standard InChI is InChI=1S/C11H9BrFN3O/c1-16-6-14-5-10(16)11(17)15-9-3-2-7(13)4-8(9)12/h2-6H,1H3,(H,15,17). The molecule has 1 amide bonds. The van der Waals surface area contributed by atoms with Crippen LogP contribution < -0.4 is 5.32 Å². The van der Waals surface area contributed by atoms with E-state index in [-0.39, 0.29) is 11.7 Å². The maximum Gasteiger partial charge on any atom is 0.273 e. The molecule has 0 saturated heterocycles. The van der Waals surface area contributed by atoms with Gasteiger partial charge in [-0.25, -0.2) is 9.37 Å². The molecule has 0 saturated carbocycles. The van der Waals surface area contributed by atoms with Crippen LogP contribution in [0.2, 0.25) is 0 Å². The quantitative estimate of drug-likeness (QED) is 0.926. The molecular weight excluding hydrogens is 289 g/mol. The van der Waals surface area contributed by atoms with Crippen molar-refractivity contribution in [3.8, 4) is 0 Å². The number of imidazole rings is 1. The number of hydrogen-bond donors (Lipinski definition) is 1. The Bertz CT molecular complexity index is 568. The normalized spacial score (nSPS) is 10.3. The van der Waals surface area contributed by atoms with Gasteiger partial charge in [-0.1, -0.05) is 0 Å². The van der Waals surface area contributed by atoms with Gasteiger partial charge in [-0.15, -0.1) is 0 Å². The van der Waals surface area contributed by atoms with Gasteiger partial charge >= 0.3 is 0 Å². The van der Waals surface area contributed by atoms with Gasteiger partial charge in [0.1, 0.15) is 11.5 Å². The van der Waals surface area contributed by atoms with Crippen LogP contribution in [0.25, 0.3) is 0 Å². The number of anilines is 1. The smallest absolute Gasteiger partial charge is 0.273 e. The molecule has 1 aromatic heterocycles. The summed E-state index contributed by atoms with van der Waals surface area (Å²) >= 11 is 3.18. The van der Waals surface area contributed by atoms with Gasteiger partial charge in [-0.3, -0.25) is 4.79 Å². The lowest BCUT2D eigenvalue weighted by molar-refractivity contribution is 0.101. The Balaban J connectivity index is 2.22. The molecule has 0 spiro atoms. The number of aryl methyl sites for hydroxylation is 1. The second kappa shape index (κ2) is 4.67. The maximum absolute atomic E-state index is 12.9. The molecule has 6 heteroatoms. The fraction of sp³-hybridized carbons (Fsp3) is 0.0909. The van der Waals surface area contributed by atoms with Crippen LogP contribution in [0.1, 0.15) is 10.5 Å². The van der Waals surface area contributed by atoms with Gasteiger partial charge in [0.15, 0.2) is 0 Å². The minimum Gasteiger partial charge on any atom is -0.330 e. The molecule has 17 heavy (non-hydrogen) atoms. The van der Waals surface area contributed by atoms with E-state index in [0.717, 1.165) is 0 Å². The zero-order valence-electron chi connectivity index (χ0n) is 8.95. The Hall–Kier alpha value is -1.69. The zero-order valence-corrected chi connectivity index (χ0v) is 10.5. The number of nitrogens with one attached hydrogen (secondary N) is 1. The minimum atomic E-state index is -0.365. The Morgan fingerprint density at radius 2 is 2.29 bits per heavy atom. The lowest BCUT2D eigenvalue weighted by Crippen LogP contribution is -2.15. The number of aromatic nitrogens is 2. The van der Waals surface area contributed by atoms with Crippen molar-refractivity contribution in [3.63, 3.8) is 0 Å². The van der Waals surface area contributed by atoms with E-state index >= 15 is 0 Å². The molecule has 88 valence electrons. The molecule has 0 aliphatic rings. The molecule has 0 radical (unpaired) electrons. The van der Waals surface area contributed by atoms with Gasteiger partial charge in [-0.2, -0.15) is 0 Å². The van der Waals surface area contributed by atoms with Gasteiger partial charge in [0.25, 0.3) is 5.91 Å². The number of hydrogen-bond acceptors (Lipinski definition) is 2. The van der Waals surface area contributed by atoms with Gasteiger partial charge < -0.3 is 9.88 Å². The molecule has 1 heterocycles. The molecule has 2 rings (SSSR count). The third kappa shape index (κ3) is 2.52. The number of benzene rings is 1. The van der Waals surface area contributed by atoms with Gasteiger partial charge in [-0.05, 0) is 34.1 Å². The predicted octanol–water partition coefficient (Wildman–Crippen LogP) is 2.57. The van der Waals surface area contributed by atoms with Crippen molar-refractivity contribution in [2.75, 3.05) is 5.32 Å². The Morgan fingerprint density at radius 3 is 2.88 bits per heavy atom. The highest BCUT2D eigenvalue weighted by atomic mass is 79.9. The summed E-state index contributed by atoms with van der Waals surface area (Å²) in [4.78, 5) is 15.7. The number of carbonyl (C=O) groups is 1. The highest BCUT2D eigenvalue weighted by molar-refractivity contribution is 9.10. The van der Waals surface area contributed by atoms with Crippen LogP contribution in [0.5, 0.6) is 0 Å². The first kappa shape index (κ1) is 11.8. The minimum absolute atomic E-state index is 0.294. The Kier molecular flexibility index (Phi) is 3.23. The summed E-state index contributed by atoms with van der Waals surface area (Å²) in [6.07, 6.45) is 3.00. The largest absolute Gasteiger partial charge is 0.330 e. The summed E-state index contributed by atoms with van der Waals surface area (Å²) in [5, 5.41) is 2.67. The molecule has 2 aromatic rings. The summed E-state index contributed by atoms with van der Waals surface area (Å²) < 4.78 is 15.0. The second-order valence-corrected chi connectivity index (χ2v) is 4.32. The lowest BCUT2D eigenvalue weighted by Gasteiger charge is -2.07. The summed E-state index contributed by atoms with van der Waals surface area (Å²) in [6, 6.07) is 4.07. The molecule has 0 aliphatic carbocycles. The van der Waals surface area contributed by atoms with Crippen LogP contribution in [0, 0.1) is 5.82 Å². The van der Waals surface area contributed by atoms with E-state index in [9.17, 15) is 9.18 Å². The molecular formula is C11H9BrFN3O. The van der Waals surface area contributed by atoms with E-state index < -0.39 is 0 Å². The maximum atomic E-state index is 12.9. The number of carbonyl (C=O) groups excluding carboxylic acids is 1. The van der Waals surface area contributed by atoms with Crippen molar-refractivity contribution < 1.29 is 9.18 Å². The lowest BCUT2D eigenvalue weighted by atomic mass is 10.3. The molecule has 1 N–H and O–H groups in total. The zero-order chi connectivity index (χ0) is 12.4. The van der Waals surface area contributed by atoms with Gasteiger partial charge in [0, 0.05) is 11.5 Å². The van der Waals surface area contributed by atoms with E-state index in [0.29, 0.717) is 15.9 Å². The van der Waals surface area contributed by atoms with Crippen LogP contribution in [0.15, 0.2) is 35.2 Å². The third-order valence-corrected chi connectivity index (χ3v) is 2.88. The van der Waals surface area contributed by atoms with Gasteiger partial charge in [0.05, 0.1) is 18.2 Å². The first-order chi connectivity index (χ1) is 8.08. The number of rotatable bonds is 2. The number of amides is 1. The summed E-state index contributed by atoms with van der Waals surface area (Å²) in [7, 11) is 1.72. The van der Waals surface area contributed by atoms with E-state index in [1.54, 1.807) is 11.6 Å². The molecule has 0 fully saturated rings. The van der Waals surface area contributed by atoms with Crippen molar-refractivity contribution in [3.05, 3.63) is 46.7 Å². The van der Waals surface area contributed by atoms with Crippen LogP contribution in [0.3, 0.4) is 0 Å². The second-order valence-electron chi connectivity index (χ2n) is 3.47. The van der Waals surface area contributed by atoms with E-state index in [4.69, 9.17) is 0 Å². The molecule has 0 bridgehead atoms. The van der Waals surface area contributed by atoms with E-state index in [1.165, 1.54) is 30.7 Å². The Morgan fingerprint density at radius 1 is 1.53 bits per heavy atom. The van der Waals surface area contributed by atoms with Crippen LogP contribution in [-0.4, -0.2) is 15.5 Å². The van der Waals surface area contributed by atoms with Crippen molar-refractivity contribution in [1.29, 1.82) is 0 Å². The first-order valence-electron chi connectivity index (χ1n) is 4.80. The van der Waals surface area contributed by atoms with Gasteiger partial charge in [0.2, 0.25) is 0 Å². The summed E-state index contributed by atoms with van der Waals surface area (Å²) in [6.45, 7) is 0. The highest BCUT2D eigenvalue weighted by Gasteiger charge is 2.11. The van der Waals surface area contributed by atoms with Crippen LogP contribution in [0.4, 0.5) is 10.1 Å². The molecule has 4 nitrogen and oxygen atoms in total. The molecule has 1 aromatic carbocycles. The number of nitrogens with zero attached hydrogens (tertiary/aromatic N) is 2. The fourth-order valence-corrected chi connectivity index (χ4v) is 1.80. The first-order valence-corrected chi connectivity index (χ1v) is 5.60. The predicted molar refractivity (Wildman–Crippen MR) is 65.3 cm³/mol. The SMILES string of the molecule is Cn1cncc1C(=O)Nc1ccc(F)cc1Br. The van der Waals surface area contributed by atoms with Crippen LogP contribution >= 0.6 is 15.9 Å². The van der Waals surface area contributed by atoms with Crippen molar-refractivity contribution in [1.82, 2.24) is 9.55 Å². The Labute approximate surface area is 106 Å². The van der Waals surface area contributed by atoms with E-state index in [2.05, 4.69) is 26.2 Å². The highest BCUT2D eigenvalue weighted by Crippen LogP contribution is 2.23.